The van der Waals surface area contributed by atoms with E-state index in [0.29, 0.717) is 0 Å². The highest BCUT2D eigenvalue weighted by atomic mass is 79.9. The van der Waals surface area contributed by atoms with E-state index in [-0.39, 0.29) is 23.1 Å². The van der Waals surface area contributed by atoms with Gasteiger partial charge in [-0.1, -0.05) is 32.6 Å². The van der Waals surface area contributed by atoms with Gasteiger partial charge in [0.05, 0.1) is 0 Å². The van der Waals surface area contributed by atoms with Gasteiger partial charge in [0.1, 0.15) is 5.56 Å². The first-order valence-electron chi connectivity index (χ1n) is 7.16. The van der Waals surface area contributed by atoms with Crippen molar-refractivity contribution < 1.29 is 4.79 Å². The third-order valence-electron chi connectivity index (χ3n) is 3.29. The van der Waals surface area contributed by atoms with Crippen molar-refractivity contribution in [3.63, 3.8) is 0 Å². The summed E-state index contributed by atoms with van der Waals surface area (Å²) in [5, 5.41) is 2.88. The second kappa shape index (κ2) is 8.25. The van der Waals surface area contributed by atoms with Crippen molar-refractivity contribution in [1.29, 1.82) is 0 Å². The smallest absolute Gasteiger partial charge is 0.261 e. The Labute approximate surface area is 128 Å². The van der Waals surface area contributed by atoms with Gasteiger partial charge in [0.25, 0.3) is 11.5 Å². The zero-order valence-electron chi connectivity index (χ0n) is 12.4. The molecule has 0 spiro atoms. The lowest BCUT2D eigenvalue weighted by Crippen LogP contribution is -2.36. The van der Waals surface area contributed by atoms with Gasteiger partial charge in [-0.2, -0.15) is 0 Å². The van der Waals surface area contributed by atoms with Crippen LogP contribution in [0.5, 0.6) is 0 Å². The Hall–Kier alpha value is -1.10. The second-order valence-electron chi connectivity index (χ2n) is 5.21. The van der Waals surface area contributed by atoms with Crippen molar-refractivity contribution in [2.45, 2.75) is 58.9 Å². The number of unbranched alkanes of at least 4 members (excludes halogenated alkanes) is 3. The van der Waals surface area contributed by atoms with Crippen molar-refractivity contribution in [2.24, 2.45) is 0 Å². The van der Waals surface area contributed by atoms with Crippen LogP contribution in [-0.4, -0.2) is 16.9 Å². The third-order valence-corrected chi connectivity index (χ3v) is 4.11. The minimum absolute atomic E-state index is 0.0823. The molecule has 0 radical (unpaired) electrons. The van der Waals surface area contributed by atoms with Crippen LogP contribution in [0.15, 0.2) is 15.3 Å². The number of amides is 1. The Morgan fingerprint density at radius 2 is 2.10 bits per heavy atom. The second-order valence-corrected chi connectivity index (χ2v) is 6.06. The van der Waals surface area contributed by atoms with Crippen LogP contribution in [-0.2, 0) is 0 Å². The number of hydrogen-bond acceptors (Lipinski definition) is 2. The van der Waals surface area contributed by atoms with Crippen LogP contribution in [0.25, 0.3) is 0 Å². The monoisotopic (exact) mass is 342 g/mol. The van der Waals surface area contributed by atoms with Crippen LogP contribution >= 0.6 is 15.9 Å². The van der Waals surface area contributed by atoms with E-state index in [4.69, 9.17) is 0 Å². The summed E-state index contributed by atoms with van der Waals surface area (Å²) in [5.74, 6) is -0.310. The average Bonchev–Trinajstić information content (AvgIpc) is 2.38. The Balaban J connectivity index is 2.58. The number of aromatic amines is 1. The van der Waals surface area contributed by atoms with Crippen molar-refractivity contribution in [3.05, 3.63) is 32.2 Å². The van der Waals surface area contributed by atoms with Gasteiger partial charge in [0.2, 0.25) is 0 Å². The topological polar surface area (TPSA) is 62.0 Å². The van der Waals surface area contributed by atoms with Crippen molar-refractivity contribution in [3.8, 4) is 0 Å². The molecule has 1 amide bonds. The number of rotatable bonds is 7. The van der Waals surface area contributed by atoms with E-state index in [0.717, 1.165) is 23.0 Å². The molecule has 0 aromatic carbocycles. The normalized spacial score (nSPS) is 12.2. The molecule has 0 saturated carbocycles. The van der Waals surface area contributed by atoms with E-state index in [2.05, 4.69) is 33.2 Å². The summed E-state index contributed by atoms with van der Waals surface area (Å²) in [6, 6.07) is 1.66. The minimum Gasteiger partial charge on any atom is -0.349 e. The lowest BCUT2D eigenvalue weighted by atomic mass is 10.1. The molecule has 0 aliphatic heterocycles. The van der Waals surface area contributed by atoms with Crippen LogP contribution in [0.1, 0.15) is 62.0 Å². The highest BCUT2D eigenvalue weighted by Gasteiger charge is 2.14. The molecular weight excluding hydrogens is 320 g/mol. The van der Waals surface area contributed by atoms with Gasteiger partial charge in [-0.25, -0.2) is 0 Å². The molecule has 2 N–H and O–H groups in total. The quantitative estimate of drug-likeness (QED) is 0.744. The maximum absolute atomic E-state index is 12.1. The highest BCUT2D eigenvalue weighted by Crippen LogP contribution is 2.13. The summed E-state index contributed by atoms with van der Waals surface area (Å²) in [6.07, 6.45) is 5.66. The van der Waals surface area contributed by atoms with Gasteiger partial charge in [-0.05, 0) is 42.3 Å². The number of H-pyrrole nitrogens is 1. The maximum atomic E-state index is 12.1. The Kier molecular flexibility index (Phi) is 6.99. The third kappa shape index (κ3) is 5.12. The number of hydrogen-bond donors (Lipinski definition) is 2. The number of nitrogens with one attached hydrogen (secondary N) is 2. The molecule has 20 heavy (non-hydrogen) atoms. The molecule has 112 valence electrons. The lowest BCUT2D eigenvalue weighted by Gasteiger charge is -2.13. The molecule has 1 atom stereocenters. The summed E-state index contributed by atoms with van der Waals surface area (Å²) in [4.78, 5) is 26.5. The first-order chi connectivity index (χ1) is 9.45. The van der Waals surface area contributed by atoms with Crippen molar-refractivity contribution in [2.75, 3.05) is 0 Å². The summed E-state index contributed by atoms with van der Waals surface area (Å²) >= 11 is 3.32. The predicted octanol–water partition coefficient (Wildman–Crippen LogP) is 3.53. The van der Waals surface area contributed by atoms with E-state index in [1.54, 1.807) is 13.0 Å². The number of carbonyl (C=O) groups excluding carboxylic acids is 1. The maximum Gasteiger partial charge on any atom is 0.261 e. The van der Waals surface area contributed by atoms with Gasteiger partial charge in [0, 0.05) is 16.2 Å². The highest BCUT2D eigenvalue weighted by molar-refractivity contribution is 9.10. The Morgan fingerprint density at radius 1 is 1.40 bits per heavy atom. The molecule has 0 bridgehead atoms. The summed E-state index contributed by atoms with van der Waals surface area (Å²) < 4.78 is 0.734. The minimum atomic E-state index is -0.346. The fourth-order valence-corrected chi connectivity index (χ4v) is 2.35. The van der Waals surface area contributed by atoms with Crippen LogP contribution in [0.3, 0.4) is 0 Å². The average molecular weight is 343 g/mol. The summed E-state index contributed by atoms with van der Waals surface area (Å²) in [6.45, 7) is 5.93. The molecule has 0 saturated heterocycles. The Bertz CT molecular complexity index is 511. The number of halogens is 1. The van der Waals surface area contributed by atoms with Gasteiger partial charge in [0.15, 0.2) is 0 Å². The van der Waals surface area contributed by atoms with Crippen LogP contribution in [0.4, 0.5) is 0 Å². The number of aryl methyl sites for hydroxylation is 1. The van der Waals surface area contributed by atoms with Gasteiger partial charge in [-0.3, -0.25) is 9.59 Å². The first kappa shape index (κ1) is 17.0. The zero-order valence-corrected chi connectivity index (χ0v) is 14.0. The molecule has 0 aliphatic rings. The number of pyridine rings is 1. The molecule has 0 fully saturated rings. The summed E-state index contributed by atoms with van der Waals surface area (Å²) in [5.41, 5.74) is 0.531. The molecule has 1 rings (SSSR count). The van der Waals surface area contributed by atoms with E-state index in [1.165, 1.54) is 19.3 Å². The molecule has 4 nitrogen and oxygen atoms in total. The Morgan fingerprint density at radius 3 is 2.75 bits per heavy atom. The standard InChI is InChI=1S/C15H23BrN2O2/c1-4-5-6-7-8-10(2)17-14(19)12-9-13(16)11(3)18-15(12)20/h9-10H,4-8H2,1-3H3,(H,17,19)(H,18,20)/t10-/m0/s1. The fourth-order valence-electron chi connectivity index (χ4n) is 2.02. The van der Waals surface area contributed by atoms with Crippen LogP contribution < -0.4 is 10.9 Å². The molecule has 5 heteroatoms. The van der Waals surface area contributed by atoms with Crippen LogP contribution in [0.2, 0.25) is 0 Å². The molecule has 1 heterocycles. The van der Waals surface area contributed by atoms with E-state index in [9.17, 15) is 9.59 Å². The van der Waals surface area contributed by atoms with E-state index in [1.807, 2.05) is 6.92 Å². The van der Waals surface area contributed by atoms with Gasteiger partial charge >= 0.3 is 0 Å². The summed E-state index contributed by atoms with van der Waals surface area (Å²) in [7, 11) is 0. The van der Waals surface area contributed by atoms with E-state index >= 15 is 0 Å². The molecule has 0 aliphatic carbocycles. The van der Waals surface area contributed by atoms with Crippen LogP contribution in [0, 0.1) is 6.92 Å². The van der Waals surface area contributed by atoms with Gasteiger partial charge in [-0.15, -0.1) is 0 Å². The van der Waals surface area contributed by atoms with Gasteiger partial charge < -0.3 is 10.3 Å². The number of aromatic nitrogens is 1. The zero-order chi connectivity index (χ0) is 15.1. The molecular formula is C15H23BrN2O2. The fraction of sp³-hybridized carbons (Fsp3) is 0.600. The van der Waals surface area contributed by atoms with Crippen molar-refractivity contribution >= 4 is 21.8 Å². The van der Waals surface area contributed by atoms with E-state index < -0.39 is 0 Å². The largest absolute Gasteiger partial charge is 0.349 e. The molecule has 1 aromatic heterocycles. The predicted molar refractivity (Wildman–Crippen MR) is 85.2 cm³/mol. The van der Waals surface area contributed by atoms with Crippen molar-refractivity contribution in [1.82, 2.24) is 10.3 Å². The SMILES string of the molecule is CCCCCC[C@H](C)NC(=O)c1cc(Br)c(C)[nH]c1=O. The first-order valence-corrected chi connectivity index (χ1v) is 7.95. The lowest BCUT2D eigenvalue weighted by molar-refractivity contribution is 0.0936. The molecule has 0 unspecified atom stereocenters. The molecule has 1 aromatic rings. The number of carbonyl (C=O) groups is 1.